The summed E-state index contributed by atoms with van der Waals surface area (Å²) in [5.41, 5.74) is 0. The van der Waals surface area contributed by atoms with Crippen molar-refractivity contribution in [3.63, 3.8) is 0 Å². The third-order valence-electron chi connectivity index (χ3n) is 3.36. The second kappa shape index (κ2) is 7.26. The molecule has 21 heavy (non-hydrogen) atoms. The Morgan fingerprint density at radius 1 is 1.62 bits per heavy atom. The van der Waals surface area contributed by atoms with Gasteiger partial charge in [0.1, 0.15) is 17.7 Å². The predicted octanol–water partition coefficient (Wildman–Crippen LogP) is 1.76. The zero-order chi connectivity index (χ0) is 15.2. The highest BCUT2D eigenvalue weighted by molar-refractivity contribution is 5.74. The van der Waals surface area contributed by atoms with E-state index in [2.05, 4.69) is 5.32 Å². The molecule has 2 atom stereocenters. The van der Waals surface area contributed by atoms with Crippen molar-refractivity contribution in [2.24, 2.45) is 0 Å². The van der Waals surface area contributed by atoms with E-state index in [4.69, 9.17) is 4.74 Å². The minimum atomic E-state index is -0.439. The highest BCUT2D eigenvalue weighted by Crippen LogP contribution is 2.14. The number of hydrogen-bond donors (Lipinski definition) is 2. The van der Waals surface area contributed by atoms with Crippen LogP contribution >= 0.6 is 0 Å². The summed E-state index contributed by atoms with van der Waals surface area (Å²) in [5, 5.41) is 12.3. The summed E-state index contributed by atoms with van der Waals surface area (Å²) in [6.07, 6.45) is 0.836. The summed E-state index contributed by atoms with van der Waals surface area (Å²) in [5.74, 6) is 0.0798. The molecular formula is C15H21FN2O3. The van der Waals surface area contributed by atoms with Crippen LogP contribution in [0, 0.1) is 5.82 Å². The van der Waals surface area contributed by atoms with Crippen LogP contribution in [-0.4, -0.2) is 47.9 Å². The lowest BCUT2D eigenvalue weighted by Gasteiger charge is -2.30. The maximum Gasteiger partial charge on any atom is 0.317 e. The van der Waals surface area contributed by atoms with E-state index in [9.17, 15) is 14.3 Å². The van der Waals surface area contributed by atoms with E-state index in [1.165, 1.54) is 12.1 Å². The molecule has 2 amide bonds. The largest absolute Gasteiger partial charge is 0.489 e. The third-order valence-corrected chi connectivity index (χ3v) is 3.36. The Hall–Kier alpha value is -1.82. The van der Waals surface area contributed by atoms with Gasteiger partial charge < -0.3 is 20.1 Å². The molecule has 6 heteroatoms. The van der Waals surface area contributed by atoms with Crippen LogP contribution in [0.5, 0.6) is 5.75 Å². The number of likely N-dealkylation sites (tertiary alicyclic amines) is 1. The van der Waals surface area contributed by atoms with Crippen LogP contribution < -0.4 is 10.1 Å². The van der Waals surface area contributed by atoms with Crippen LogP contribution in [0.25, 0.3) is 0 Å². The van der Waals surface area contributed by atoms with E-state index in [0.29, 0.717) is 25.4 Å². The summed E-state index contributed by atoms with van der Waals surface area (Å²) in [7, 11) is 0. The second-order valence-electron chi connectivity index (χ2n) is 5.31. The number of carbonyl (C=O) groups excluding carboxylic acids is 1. The molecule has 2 rings (SSSR count). The van der Waals surface area contributed by atoms with Gasteiger partial charge >= 0.3 is 6.03 Å². The third kappa shape index (κ3) is 4.90. The van der Waals surface area contributed by atoms with Crippen LogP contribution in [0.15, 0.2) is 24.3 Å². The zero-order valence-corrected chi connectivity index (χ0v) is 12.1. The van der Waals surface area contributed by atoms with Crippen LogP contribution in [0.2, 0.25) is 0 Å². The Balaban J connectivity index is 1.75. The molecule has 1 aromatic carbocycles. The lowest BCUT2D eigenvalue weighted by Crippen LogP contribution is -2.48. The van der Waals surface area contributed by atoms with Gasteiger partial charge in [-0.2, -0.15) is 0 Å². The monoisotopic (exact) mass is 296 g/mol. The van der Waals surface area contributed by atoms with Crippen LogP contribution in [0.1, 0.15) is 19.8 Å². The Morgan fingerprint density at radius 2 is 2.43 bits per heavy atom. The van der Waals surface area contributed by atoms with Crippen molar-refractivity contribution >= 4 is 6.03 Å². The first-order valence-corrected chi connectivity index (χ1v) is 7.17. The first kappa shape index (κ1) is 15.6. The molecule has 5 nitrogen and oxygen atoms in total. The number of aliphatic hydroxyl groups excluding tert-OH is 1. The van der Waals surface area contributed by atoms with Crippen molar-refractivity contribution in [1.29, 1.82) is 0 Å². The lowest BCUT2D eigenvalue weighted by atomic mass is 10.1. The summed E-state index contributed by atoms with van der Waals surface area (Å²) >= 11 is 0. The number of nitrogens with one attached hydrogen (secondary N) is 1. The van der Waals surface area contributed by atoms with Gasteiger partial charge in [0.25, 0.3) is 0 Å². The van der Waals surface area contributed by atoms with Crippen LogP contribution in [0.4, 0.5) is 9.18 Å². The molecule has 1 aliphatic rings. The second-order valence-corrected chi connectivity index (χ2v) is 5.31. The molecule has 0 radical (unpaired) electrons. The van der Waals surface area contributed by atoms with E-state index in [-0.39, 0.29) is 18.0 Å². The lowest BCUT2D eigenvalue weighted by molar-refractivity contribution is 0.0832. The quantitative estimate of drug-likeness (QED) is 0.890. The molecule has 1 aromatic rings. The highest BCUT2D eigenvalue weighted by atomic mass is 19.1. The SMILES string of the molecule is CC(CNC(=O)N1CCCC(O)C1)Oc1cccc(F)c1. The van der Waals surface area contributed by atoms with Gasteiger partial charge in [0, 0.05) is 19.2 Å². The Morgan fingerprint density at radius 3 is 3.14 bits per heavy atom. The maximum absolute atomic E-state index is 13.0. The fraction of sp³-hybridized carbons (Fsp3) is 0.533. The summed E-state index contributed by atoms with van der Waals surface area (Å²) in [4.78, 5) is 13.5. The van der Waals surface area contributed by atoms with E-state index < -0.39 is 6.10 Å². The molecule has 1 aliphatic heterocycles. The maximum atomic E-state index is 13.0. The van der Waals surface area contributed by atoms with Gasteiger partial charge in [-0.25, -0.2) is 9.18 Å². The normalized spacial score (nSPS) is 20.0. The number of hydrogen-bond acceptors (Lipinski definition) is 3. The van der Waals surface area contributed by atoms with E-state index in [0.717, 1.165) is 12.8 Å². The molecule has 1 heterocycles. The molecule has 0 spiro atoms. The molecule has 2 N–H and O–H groups in total. The Kier molecular flexibility index (Phi) is 5.38. The highest BCUT2D eigenvalue weighted by Gasteiger charge is 2.22. The first-order chi connectivity index (χ1) is 10.0. The Labute approximate surface area is 123 Å². The fourth-order valence-electron chi connectivity index (χ4n) is 2.30. The number of benzene rings is 1. The summed E-state index contributed by atoms with van der Waals surface area (Å²) < 4.78 is 18.6. The number of halogens is 1. The van der Waals surface area contributed by atoms with Crippen LogP contribution in [0.3, 0.4) is 0 Å². The number of piperidine rings is 1. The minimum Gasteiger partial charge on any atom is -0.489 e. The van der Waals surface area contributed by atoms with Crippen molar-refractivity contribution < 1.29 is 19.0 Å². The molecule has 2 unspecified atom stereocenters. The van der Waals surface area contributed by atoms with Crippen molar-refractivity contribution in [2.75, 3.05) is 19.6 Å². The van der Waals surface area contributed by atoms with E-state index in [1.807, 2.05) is 0 Å². The van der Waals surface area contributed by atoms with Crippen molar-refractivity contribution in [1.82, 2.24) is 10.2 Å². The first-order valence-electron chi connectivity index (χ1n) is 7.17. The summed E-state index contributed by atoms with van der Waals surface area (Å²) in [6, 6.07) is 5.69. The van der Waals surface area contributed by atoms with Gasteiger partial charge in [-0.05, 0) is 31.9 Å². The smallest absolute Gasteiger partial charge is 0.317 e. The van der Waals surface area contributed by atoms with Gasteiger partial charge in [-0.3, -0.25) is 0 Å². The molecule has 1 saturated heterocycles. The number of β-amino-alcohol motifs (C(OH)–C–C–N with tert-alkyl or cyclic N) is 1. The predicted molar refractivity (Wildman–Crippen MR) is 76.7 cm³/mol. The fourth-order valence-corrected chi connectivity index (χ4v) is 2.30. The molecule has 0 bridgehead atoms. The number of aliphatic hydroxyl groups is 1. The van der Waals surface area contributed by atoms with Crippen molar-refractivity contribution in [3.05, 3.63) is 30.1 Å². The van der Waals surface area contributed by atoms with Gasteiger partial charge in [-0.15, -0.1) is 0 Å². The topological polar surface area (TPSA) is 61.8 Å². The van der Waals surface area contributed by atoms with Crippen molar-refractivity contribution in [3.8, 4) is 5.75 Å². The van der Waals surface area contributed by atoms with Gasteiger partial charge in [0.2, 0.25) is 0 Å². The number of urea groups is 1. The number of amides is 2. The molecule has 0 aliphatic carbocycles. The summed E-state index contributed by atoms with van der Waals surface area (Å²) in [6.45, 7) is 3.14. The average molecular weight is 296 g/mol. The molecule has 1 fully saturated rings. The molecule has 0 aromatic heterocycles. The van der Waals surface area contributed by atoms with E-state index in [1.54, 1.807) is 24.0 Å². The zero-order valence-electron chi connectivity index (χ0n) is 12.1. The number of carbonyl (C=O) groups is 1. The molecule has 116 valence electrons. The van der Waals surface area contributed by atoms with Crippen molar-refractivity contribution in [2.45, 2.75) is 32.0 Å². The average Bonchev–Trinajstić information content (AvgIpc) is 2.45. The Bertz CT molecular complexity index is 484. The van der Waals surface area contributed by atoms with Crippen LogP contribution in [-0.2, 0) is 0 Å². The minimum absolute atomic E-state index is 0.205. The van der Waals surface area contributed by atoms with E-state index >= 15 is 0 Å². The number of ether oxygens (including phenoxy) is 1. The van der Waals surface area contributed by atoms with Gasteiger partial charge in [0.05, 0.1) is 12.6 Å². The van der Waals surface area contributed by atoms with Gasteiger partial charge in [0.15, 0.2) is 0 Å². The molecule has 0 saturated carbocycles. The number of rotatable bonds is 4. The van der Waals surface area contributed by atoms with Gasteiger partial charge in [-0.1, -0.05) is 6.07 Å². The molecular weight excluding hydrogens is 275 g/mol. The number of nitrogens with zero attached hydrogens (tertiary/aromatic N) is 1. The standard InChI is InChI=1S/C15H21FN2O3/c1-11(21-14-6-2-4-12(16)8-14)9-17-15(20)18-7-3-5-13(19)10-18/h2,4,6,8,11,13,19H,3,5,7,9-10H2,1H3,(H,17,20).